The molecule has 100 valence electrons. The van der Waals surface area contributed by atoms with Gasteiger partial charge in [0.15, 0.2) is 0 Å². The molecular weight excluding hydrogens is 291 g/mol. The molecule has 0 bridgehead atoms. The molecule has 0 amide bonds. The van der Waals surface area contributed by atoms with Crippen LogP contribution in [0.4, 0.5) is 18.9 Å². The Hall–Kier alpha value is -1.08. The smallest absolute Gasteiger partial charge is 0.441 e. The van der Waals surface area contributed by atoms with Gasteiger partial charge in [0.1, 0.15) is 0 Å². The molecule has 0 radical (unpaired) electrons. The van der Waals surface area contributed by atoms with E-state index in [1.165, 1.54) is 18.2 Å². The first-order valence-corrected chi connectivity index (χ1v) is 6.13. The molecule has 3 nitrogen and oxygen atoms in total. The van der Waals surface area contributed by atoms with E-state index in [0.717, 1.165) is 0 Å². The molecule has 0 aromatic heterocycles. The van der Waals surface area contributed by atoms with Crippen molar-refractivity contribution in [2.75, 3.05) is 17.6 Å². The maximum Gasteiger partial charge on any atom is 0.441 e. The van der Waals surface area contributed by atoms with Crippen LogP contribution in [0.5, 0.6) is 0 Å². The Morgan fingerprint density at radius 2 is 2.11 bits per heavy atom. The van der Waals surface area contributed by atoms with Gasteiger partial charge in [0.05, 0.1) is 10.6 Å². The number of thioether (sulfide) groups is 1. The third kappa shape index (κ3) is 5.05. The highest BCUT2D eigenvalue weighted by atomic mass is 35.5. The summed E-state index contributed by atoms with van der Waals surface area (Å²) in [5.41, 5.74) is -3.81. The van der Waals surface area contributed by atoms with Crippen molar-refractivity contribution in [1.82, 2.24) is 0 Å². The summed E-state index contributed by atoms with van der Waals surface area (Å²) in [6.07, 6.45) is 0. The second-order valence-corrected chi connectivity index (χ2v) is 4.79. The van der Waals surface area contributed by atoms with Crippen molar-refractivity contribution in [3.05, 3.63) is 28.8 Å². The van der Waals surface area contributed by atoms with Gasteiger partial charge in [-0.1, -0.05) is 11.6 Å². The Labute approximate surface area is 110 Å². The Morgan fingerprint density at radius 1 is 1.44 bits per heavy atom. The minimum absolute atomic E-state index is 0.0379. The number of carboxylic acids is 1. The average molecular weight is 300 g/mol. The summed E-state index contributed by atoms with van der Waals surface area (Å²) >= 11 is 5.58. The Balaban J connectivity index is 2.49. The number of carbonyl (C=O) groups is 1. The molecule has 0 saturated heterocycles. The van der Waals surface area contributed by atoms with Gasteiger partial charge in [-0.25, -0.2) is 4.79 Å². The van der Waals surface area contributed by atoms with E-state index in [4.69, 9.17) is 16.7 Å². The molecule has 0 aliphatic heterocycles. The van der Waals surface area contributed by atoms with Crippen LogP contribution >= 0.6 is 23.4 Å². The number of hydrogen-bond acceptors (Lipinski definition) is 3. The van der Waals surface area contributed by atoms with Crippen molar-refractivity contribution in [2.24, 2.45) is 0 Å². The fourth-order valence-electron chi connectivity index (χ4n) is 1.16. The van der Waals surface area contributed by atoms with Gasteiger partial charge in [-0.3, -0.25) is 0 Å². The number of anilines is 1. The molecule has 8 heteroatoms. The summed E-state index contributed by atoms with van der Waals surface area (Å²) in [7, 11) is 0. The van der Waals surface area contributed by atoms with Crippen LogP contribution in [-0.4, -0.2) is 28.9 Å². The van der Waals surface area contributed by atoms with Crippen LogP contribution < -0.4 is 5.32 Å². The third-order valence-corrected chi connectivity index (χ3v) is 2.94. The topological polar surface area (TPSA) is 49.3 Å². The summed E-state index contributed by atoms with van der Waals surface area (Å²) < 4.78 is 35.5. The van der Waals surface area contributed by atoms with Gasteiger partial charge in [-0.15, -0.1) is 0 Å². The van der Waals surface area contributed by atoms with E-state index in [-0.39, 0.29) is 34.6 Å². The molecule has 0 unspecified atom stereocenters. The number of alkyl halides is 3. The predicted octanol–water partition coefficient (Wildman–Crippen LogP) is 3.70. The van der Waals surface area contributed by atoms with Gasteiger partial charge in [0.2, 0.25) is 0 Å². The molecule has 1 rings (SSSR count). The van der Waals surface area contributed by atoms with E-state index in [1.54, 1.807) is 0 Å². The minimum Gasteiger partial charge on any atom is -0.478 e. The van der Waals surface area contributed by atoms with Crippen molar-refractivity contribution in [1.29, 1.82) is 0 Å². The SMILES string of the molecule is O=C(O)c1ccc(NCCSC(F)(F)F)cc1Cl. The molecular formula is C10H9ClF3NO2S. The standard InChI is InChI=1S/C10H9ClF3NO2S/c11-8-5-6(1-2-7(8)9(16)17)15-3-4-18-10(12,13)14/h1-2,5,15H,3-4H2,(H,16,17). The van der Waals surface area contributed by atoms with Gasteiger partial charge >= 0.3 is 11.5 Å². The molecule has 0 atom stereocenters. The summed E-state index contributed by atoms with van der Waals surface area (Å²) in [6.45, 7) is 0.104. The largest absolute Gasteiger partial charge is 0.478 e. The summed E-state index contributed by atoms with van der Waals surface area (Å²) in [6, 6.07) is 4.11. The molecule has 0 saturated carbocycles. The van der Waals surface area contributed by atoms with Crippen LogP contribution in [0.3, 0.4) is 0 Å². The highest BCUT2D eigenvalue weighted by Crippen LogP contribution is 2.29. The highest BCUT2D eigenvalue weighted by molar-refractivity contribution is 8.00. The lowest BCUT2D eigenvalue weighted by Crippen LogP contribution is -2.09. The monoisotopic (exact) mass is 299 g/mol. The molecule has 0 aliphatic carbocycles. The first-order chi connectivity index (χ1) is 8.29. The summed E-state index contributed by atoms with van der Waals surface area (Å²) in [5.74, 6) is -1.29. The Bertz CT molecular complexity index is 440. The van der Waals surface area contributed by atoms with Crippen LogP contribution in [0.1, 0.15) is 10.4 Å². The lowest BCUT2D eigenvalue weighted by atomic mass is 10.2. The molecule has 18 heavy (non-hydrogen) atoms. The van der Waals surface area contributed by atoms with Crippen LogP contribution in [-0.2, 0) is 0 Å². The number of benzene rings is 1. The van der Waals surface area contributed by atoms with Crippen LogP contribution in [0, 0.1) is 0 Å². The Kier molecular flexibility index (Phi) is 5.15. The van der Waals surface area contributed by atoms with E-state index in [9.17, 15) is 18.0 Å². The molecule has 0 heterocycles. The molecule has 2 N–H and O–H groups in total. The number of carboxylic acid groups (broad SMARTS) is 1. The van der Waals surface area contributed by atoms with Crippen LogP contribution in [0.25, 0.3) is 0 Å². The van der Waals surface area contributed by atoms with Crippen LogP contribution in [0.2, 0.25) is 5.02 Å². The molecule has 1 aromatic carbocycles. The molecule has 0 fully saturated rings. The van der Waals surface area contributed by atoms with Gasteiger partial charge in [0.25, 0.3) is 0 Å². The number of aromatic carboxylic acids is 1. The normalized spacial score (nSPS) is 11.3. The quantitative estimate of drug-likeness (QED) is 0.814. The van der Waals surface area contributed by atoms with Crippen molar-refractivity contribution in [3.8, 4) is 0 Å². The fourth-order valence-corrected chi connectivity index (χ4v) is 1.86. The van der Waals surface area contributed by atoms with Crippen molar-refractivity contribution >= 4 is 35.0 Å². The zero-order chi connectivity index (χ0) is 13.8. The second-order valence-electron chi connectivity index (χ2n) is 3.22. The summed E-state index contributed by atoms with van der Waals surface area (Å²) in [5, 5.41) is 11.5. The average Bonchev–Trinajstić information content (AvgIpc) is 2.22. The third-order valence-electron chi connectivity index (χ3n) is 1.90. The van der Waals surface area contributed by atoms with E-state index in [1.807, 2.05) is 0 Å². The lowest BCUT2D eigenvalue weighted by Gasteiger charge is -2.09. The van der Waals surface area contributed by atoms with Crippen molar-refractivity contribution in [3.63, 3.8) is 0 Å². The molecule has 1 aromatic rings. The fraction of sp³-hybridized carbons (Fsp3) is 0.300. The van der Waals surface area contributed by atoms with Crippen LogP contribution in [0.15, 0.2) is 18.2 Å². The number of rotatable bonds is 5. The predicted molar refractivity (Wildman–Crippen MR) is 65.4 cm³/mol. The van der Waals surface area contributed by atoms with E-state index >= 15 is 0 Å². The van der Waals surface area contributed by atoms with Gasteiger partial charge < -0.3 is 10.4 Å². The van der Waals surface area contributed by atoms with E-state index < -0.39 is 11.5 Å². The number of halogens is 4. The van der Waals surface area contributed by atoms with Gasteiger partial charge in [-0.05, 0) is 30.0 Å². The summed E-state index contributed by atoms with van der Waals surface area (Å²) in [4.78, 5) is 10.7. The maximum absolute atomic E-state index is 11.8. The Morgan fingerprint density at radius 3 is 2.61 bits per heavy atom. The highest BCUT2D eigenvalue weighted by Gasteiger charge is 2.27. The van der Waals surface area contributed by atoms with Gasteiger partial charge in [-0.2, -0.15) is 13.2 Å². The zero-order valence-corrected chi connectivity index (χ0v) is 10.5. The lowest BCUT2D eigenvalue weighted by molar-refractivity contribution is -0.0327. The molecule has 0 spiro atoms. The minimum atomic E-state index is -4.24. The first kappa shape index (κ1) is 15.0. The van der Waals surface area contributed by atoms with Crippen molar-refractivity contribution < 1.29 is 23.1 Å². The first-order valence-electron chi connectivity index (χ1n) is 4.77. The maximum atomic E-state index is 11.8. The van der Waals surface area contributed by atoms with Gasteiger partial charge in [0, 0.05) is 18.0 Å². The van der Waals surface area contributed by atoms with E-state index in [2.05, 4.69) is 5.32 Å². The van der Waals surface area contributed by atoms with E-state index in [0.29, 0.717) is 5.69 Å². The zero-order valence-electron chi connectivity index (χ0n) is 8.92. The number of nitrogens with one attached hydrogen (secondary N) is 1. The second kappa shape index (κ2) is 6.19. The molecule has 0 aliphatic rings. The van der Waals surface area contributed by atoms with Crippen molar-refractivity contribution in [2.45, 2.75) is 5.51 Å². The number of hydrogen-bond donors (Lipinski definition) is 2.